The van der Waals surface area contributed by atoms with Gasteiger partial charge in [-0.25, -0.2) is 0 Å². The predicted molar refractivity (Wildman–Crippen MR) is 72.8 cm³/mol. The Balaban J connectivity index is 2.07. The molecule has 18 heavy (non-hydrogen) atoms. The monoisotopic (exact) mass is 243 g/mol. The van der Waals surface area contributed by atoms with Gasteiger partial charge in [-0.1, -0.05) is 18.2 Å². The fourth-order valence-corrected chi connectivity index (χ4v) is 2.50. The van der Waals surface area contributed by atoms with Crippen LogP contribution in [0.4, 0.5) is 5.69 Å². The Kier molecular flexibility index (Phi) is 3.13. The Bertz CT molecular complexity index is 538. The number of aromatic nitrogens is 1. The molecule has 0 saturated carbocycles. The number of ether oxygens (including phenoxy) is 1. The van der Waals surface area contributed by atoms with Crippen LogP contribution in [0.15, 0.2) is 36.5 Å². The van der Waals surface area contributed by atoms with Crippen LogP contribution < -0.4 is 10.6 Å². The van der Waals surface area contributed by atoms with Gasteiger partial charge >= 0.3 is 0 Å². The maximum atomic E-state index is 5.84. The van der Waals surface area contributed by atoms with Gasteiger partial charge in [-0.15, -0.1) is 0 Å². The summed E-state index contributed by atoms with van der Waals surface area (Å²) in [6.07, 6.45) is 1.86. The van der Waals surface area contributed by atoms with E-state index in [9.17, 15) is 0 Å². The van der Waals surface area contributed by atoms with E-state index in [1.165, 1.54) is 11.1 Å². The van der Waals surface area contributed by atoms with Gasteiger partial charge < -0.3 is 15.4 Å². The first kappa shape index (κ1) is 11.4. The van der Waals surface area contributed by atoms with E-state index >= 15 is 0 Å². The van der Waals surface area contributed by atoms with Crippen molar-refractivity contribution in [2.24, 2.45) is 5.73 Å². The molecule has 4 nitrogen and oxygen atoms in total. The van der Waals surface area contributed by atoms with Crippen molar-refractivity contribution < 1.29 is 4.74 Å². The normalized spacial score (nSPS) is 20.3. The highest BCUT2D eigenvalue weighted by atomic mass is 16.5. The molecule has 0 radical (unpaired) electrons. The number of hydrogen-bond acceptors (Lipinski definition) is 4. The van der Waals surface area contributed by atoms with Crippen LogP contribution in [0.2, 0.25) is 0 Å². The second-order valence-corrected chi connectivity index (χ2v) is 4.51. The molecular weight excluding hydrogens is 226 g/mol. The Hall–Kier alpha value is -1.65. The second kappa shape index (κ2) is 4.92. The molecule has 0 spiro atoms. The van der Waals surface area contributed by atoms with Gasteiger partial charge in [-0.2, -0.15) is 0 Å². The maximum absolute atomic E-state index is 5.84. The average Bonchev–Trinajstić information content (AvgIpc) is 2.46. The molecule has 0 aliphatic carbocycles. The molecule has 1 fully saturated rings. The number of anilines is 1. The average molecular weight is 243 g/mol. The number of morpholine rings is 1. The lowest BCUT2D eigenvalue weighted by molar-refractivity contribution is 0.0964. The van der Waals surface area contributed by atoms with E-state index < -0.39 is 0 Å². The lowest BCUT2D eigenvalue weighted by atomic mass is 10.1. The zero-order chi connectivity index (χ0) is 12.4. The lowest BCUT2D eigenvalue weighted by Gasteiger charge is -2.37. The number of benzene rings is 1. The first-order valence-corrected chi connectivity index (χ1v) is 6.28. The van der Waals surface area contributed by atoms with Crippen molar-refractivity contribution >= 4 is 16.6 Å². The summed E-state index contributed by atoms with van der Waals surface area (Å²) >= 11 is 0. The van der Waals surface area contributed by atoms with E-state index in [1.54, 1.807) is 0 Å². The Labute approximate surface area is 106 Å². The summed E-state index contributed by atoms with van der Waals surface area (Å²) in [5.41, 5.74) is 8.07. The molecule has 1 aromatic heterocycles. The van der Waals surface area contributed by atoms with Crippen LogP contribution in [-0.2, 0) is 4.74 Å². The molecule has 2 N–H and O–H groups in total. The van der Waals surface area contributed by atoms with Crippen molar-refractivity contribution in [3.8, 4) is 0 Å². The van der Waals surface area contributed by atoms with E-state index in [4.69, 9.17) is 10.5 Å². The number of nitrogens with two attached hydrogens (primary N) is 1. The Morgan fingerprint density at radius 2 is 2.22 bits per heavy atom. The summed E-state index contributed by atoms with van der Waals surface area (Å²) in [5.74, 6) is 0. The van der Waals surface area contributed by atoms with Crippen LogP contribution in [0.1, 0.15) is 0 Å². The van der Waals surface area contributed by atoms with Gasteiger partial charge in [0.15, 0.2) is 0 Å². The molecule has 0 amide bonds. The van der Waals surface area contributed by atoms with Crippen LogP contribution in [-0.4, -0.2) is 37.3 Å². The van der Waals surface area contributed by atoms with E-state index in [2.05, 4.69) is 22.0 Å². The van der Waals surface area contributed by atoms with Gasteiger partial charge in [0, 0.05) is 30.4 Å². The van der Waals surface area contributed by atoms with Gasteiger partial charge in [0.2, 0.25) is 0 Å². The topological polar surface area (TPSA) is 51.4 Å². The van der Waals surface area contributed by atoms with Crippen molar-refractivity contribution in [2.75, 3.05) is 31.2 Å². The zero-order valence-corrected chi connectivity index (χ0v) is 10.2. The van der Waals surface area contributed by atoms with Crippen molar-refractivity contribution in [2.45, 2.75) is 6.04 Å². The number of pyridine rings is 1. The highest BCUT2D eigenvalue weighted by molar-refractivity contribution is 5.91. The third-order valence-electron chi connectivity index (χ3n) is 3.44. The molecule has 1 aliphatic rings. The van der Waals surface area contributed by atoms with Crippen LogP contribution in [0.25, 0.3) is 10.9 Å². The van der Waals surface area contributed by atoms with Gasteiger partial charge in [-0.3, -0.25) is 4.98 Å². The zero-order valence-electron chi connectivity index (χ0n) is 10.2. The number of hydrogen-bond donors (Lipinski definition) is 1. The molecule has 1 saturated heterocycles. The van der Waals surface area contributed by atoms with Crippen LogP contribution in [0.3, 0.4) is 0 Å². The smallest absolute Gasteiger partial charge is 0.0722 e. The molecular formula is C14H17N3O. The van der Waals surface area contributed by atoms with Crippen LogP contribution in [0.5, 0.6) is 0 Å². The first-order valence-electron chi connectivity index (χ1n) is 6.28. The van der Waals surface area contributed by atoms with Gasteiger partial charge in [-0.05, 0) is 12.1 Å². The molecule has 2 aromatic rings. The van der Waals surface area contributed by atoms with E-state index in [-0.39, 0.29) is 6.04 Å². The van der Waals surface area contributed by atoms with E-state index in [1.807, 2.05) is 24.4 Å². The second-order valence-electron chi connectivity index (χ2n) is 4.51. The number of fused-ring (bicyclic) bond motifs is 1. The first-order chi connectivity index (χ1) is 8.90. The highest BCUT2D eigenvalue weighted by Gasteiger charge is 2.23. The third-order valence-corrected chi connectivity index (χ3v) is 3.44. The summed E-state index contributed by atoms with van der Waals surface area (Å²) in [4.78, 5) is 6.74. The van der Waals surface area contributed by atoms with Crippen molar-refractivity contribution in [3.63, 3.8) is 0 Å². The minimum Gasteiger partial charge on any atom is -0.377 e. The minimum absolute atomic E-state index is 0.254. The molecule has 0 bridgehead atoms. The van der Waals surface area contributed by atoms with Crippen molar-refractivity contribution in [1.29, 1.82) is 0 Å². The van der Waals surface area contributed by atoms with Gasteiger partial charge in [0.1, 0.15) is 0 Å². The highest BCUT2D eigenvalue weighted by Crippen LogP contribution is 2.27. The van der Waals surface area contributed by atoms with E-state index in [0.717, 1.165) is 18.7 Å². The number of nitrogens with zero attached hydrogens (tertiary/aromatic N) is 2. The van der Waals surface area contributed by atoms with Gasteiger partial charge in [0.25, 0.3) is 0 Å². The van der Waals surface area contributed by atoms with Crippen LogP contribution >= 0.6 is 0 Å². The van der Waals surface area contributed by atoms with Crippen molar-refractivity contribution in [3.05, 3.63) is 36.5 Å². The summed E-state index contributed by atoms with van der Waals surface area (Å²) < 4.78 is 5.50. The fraction of sp³-hybridized carbons (Fsp3) is 0.357. The Morgan fingerprint density at radius 1 is 1.33 bits per heavy atom. The molecule has 2 heterocycles. The molecule has 4 heteroatoms. The van der Waals surface area contributed by atoms with Gasteiger partial charge in [0.05, 0.1) is 24.8 Å². The van der Waals surface area contributed by atoms with E-state index in [0.29, 0.717) is 13.2 Å². The molecule has 3 rings (SSSR count). The third kappa shape index (κ3) is 1.94. The molecule has 1 aliphatic heterocycles. The molecule has 1 aromatic carbocycles. The standard InChI is InChI=1S/C14H17N3O/c15-9-11-10-18-8-7-17(11)14-5-6-16-13-4-2-1-3-12(13)14/h1-6,11H,7-10,15H2. The molecule has 1 unspecified atom stereocenters. The Morgan fingerprint density at radius 3 is 3.11 bits per heavy atom. The summed E-state index contributed by atoms with van der Waals surface area (Å²) in [6, 6.07) is 10.5. The SMILES string of the molecule is NCC1COCCN1c1ccnc2ccccc12. The molecule has 94 valence electrons. The lowest BCUT2D eigenvalue weighted by Crippen LogP contribution is -2.49. The largest absolute Gasteiger partial charge is 0.377 e. The van der Waals surface area contributed by atoms with Crippen molar-refractivity contribution in [1.82, 2.24) is 4.98 Å². The summed E-state index contributed by atoms with van der Waals surface area (Å²) in [5, 5.41) is 1.18. The summed E-state index contributed by atoms with van der Waals surface area (Å²) in [7, 11) is 0. The number of para-hydroxylation sites is 1. The summed E-state index contributed by atoms with van der Waals surface area (Å²) in [6.45, 7) is 2.95. The number of rotatable bonds is 2. The minimum atomic E-state index is 0.254. The predicted octanol–water partition coefficient (Wildman–Crippen LogP) is 1.40. The molecule has 1 atom stereocenters. The van der Waals surface area contributed by atoms with Crippen LogP contribution in [0, 0.1) is 0 Å². The fourth-order valence-electron chi connectivity index (χ4n) is 2.50. The quantitative estimate of drug-likeness (QED) is 0.866. The maximum Gasteiger partial charge on any atom is 0.0722 e.